The molecule has 25 heteroatoms. The molecule has 77 heavy (non-hydrogen) atoms. The minimum absolute atomic E-state index is 0.0321. The third-order valence-corrected chi connectivity index (χ3v) is 8.66. The number of carboxylic acids is 1. The molecule has 0 spiro atoms. The Morgan fingerprint density at radius 3 is 1.29 bits per heavy atom. The van der Waals surface area contributed by atoms with Crippen molar-refractivity contribution in [2.24, 2.45) is 0 Å². The Morgan fingerprint density at radius 2 is 0.909 bits per heavy atom. The molecule has 24 nitrogen and oxygen atoms in total. The minimum Gasteiger partial charge on any atom is -0.476 e. The predicted molar refractivity (Wildman–Crippen MR) is 277 cm³/mol. The third-order valence-electron chi connectivity index (χ3n) is 8.51. The van der Waals surface area contributed by atoms with E-state index in [1.54, 1.807) is 73.7 Å². The topological polar surface area (TPSA) is 298 Å². The van der Waals surface area contributed by atoms with Crippen molar-refractivity contribution < 1.29 is 86.2 Å². The van der Waals surface area contributed by atoms with E-state index in [1.807, 2.05) is 74.8 Å². The van der Waals surface area contributed by atoms with Gasteiger partial charge in [-0.25, -0.2) is 38.4 Å². The fraction of sp³-hybridized carbons (Fsp3) is 0.385. The first-order chi connectivity index (χ1) is 36.6. The highest BCUT2D eigenvalue weighted by Crippen LogP contribution is 2.16. The predicted octanol–water partition coefficient (Wildman–Crippen LogP) is 5.16. The molecular weight excluding hydrogens is 1030 g/mol. The Balaban J connectivity index is 0.000000980. The van der Waals surface area contributed by atoms with Crippen LogP contribution in [0.3, 0.4) is 0 Å². The highest BCUT2D eigenvalue weighted by atomic mass is 35.5. The van der Waals surface area contributed by atoms with Crippen LogP contribution in [0.15, 0.2) is 97.1 Å². The summed E-state index contributed by atoms with van der Waals surface area (Å²) < 4.78 is 35.6. The summed E-state index contributed by atoms with van der Waals surface area (Å²) in [6, 6.07) is 18.8. The van der Waals surface area contributed by atoms with Gasteiger partial charge in [-0.2, -0.15) is 10.2 Å². The Kier molecular flexibility index (Phi) is 34.5. The standard InChI is InChI=1S/C16H18N2O4.C14H14N2O4.C11H17NO5.C7H13NO2.C4H5ClO3/c1-3-21-15(19)13-10-17-18(14(13)16(20)22-4-2)11-12-8-6-5-7-9-12;1-2-20-14(19)11-8-15-16(12(11)13(17)18)9-10-6-4-3-5-7-10;1-5-16-10(14)8(7-12(3)4)9(13)11(15)17-6-2;1-4-10-7(9)5-6-8(2)3;1-2-8-4(7)3(5)6/h5-10H,3-4,11H2,1-2H3;3-8H,2,9H2,1H3,(H,17,18);7H,5-6H2,1-4H3;5-6H,4H2,1-3H3;2H2,1H3/b;;8-7-;6-5+;. The minimum atomic E-state index is -1.21. The summed E-state index contributed by atoms with van der Waals surface area (Å²) in [5, 5.41) is 16.3. The van der Waals surface area contributed by atoms with Gasteiger partial charge < -0.3 is 48.1 Å². The van der Waals surface area contributed by atoms with Gasteiger partial charge in [-0.1, -0.05) is 60.7 Å². The van der Waals surface area contributed by atoms with Gasteiger partial charge in [0.15, 0.2) is 11.4 Å². The van der Waals surface area contributed by atoms with Crippen LogP contribution in [-0.4, -0.2) is 168 Å². The number of benzene rings is 2. The van der Waals surface area contributed by atoms with Gasteiger partial charge in [0.25, 0.3) is 5.78 Å². The molecule has 0 bridgehead atoms. The summed E-state index contributed by atoms with van der Waals surface area (Å²) >= 11 is 4.69. The zero-order valence-corrected chi connectivity index (χ0v) is 45.7. The van der Waals surface area contributed by atoms with Crippen molar-refractivity contribution in [3.63, 3.8) is 0 Å². The Hall–Kier alpha value is -8.67. The molecule has 0 radical (unpaired) electrons. The van der Waals surface area contributed by atoms with Crippen molar-refractivity contribution in [3.05, 3.63) is 131 Å². The molecule has 2 aromatic carbocycles. The maximum Gasteiger partial charge on any atom is 0.391 e. The van der Waals surface area contributed by atoms with E-state index in [0.717, 1.165) is 11.1 Å². The number of hydrogen-bond donors (Lipinski definition) is 1. The van der Waals surface area contributed by atoms with Crippen LogP contribution in [0, 0.1) is 0 Å². The van der Waals surface area contributed by atoms with Gasteiger partial charge in [0.1, 0.15) is 16.7 Å². The molecule has 420 valence electrons. The van der Waals surface area contributed by atoms with Crippen molar-refractivity contribution in [1.82, 2.24) is 29.4 Å². The lowest BCUT2D eigenvalue weighted by molar-refractivity contribution is -0.154. The van der Waals surface area contributed by atoms with E-state index < -0.39 is 52.8 Å². The number of esters is 7. The molecule has 0 unspecified atom stereocenters. The van der Waals surface area contributed by atoms with Gasteiger partial charge in [-0.05, 0) is 71.2 Å². The number of carboxylic acid groups (broad SMARTS) is 1. The normalized spacial score (nSPS) is 10.1. The van der Waals surface area contributed by atoms with E-state index in [-0.39, 0.29) is 80.2 Å². The SMILES string of the molecule is CCOC(=O)/C=C/N(C)C.CCOC(=O)C(=O)/C(=C/N(C)C)C(=O)OCC.CCOC(=O)C(=O)Cl.CCOC(=O)c1cnn(Cc2ccccc2)c1C(=O)O.CCOC(=O)c1cnn(Cc2ccccc2)c1C(=O)OCC. The molecule has 0 fully saturated rings. The van der Waals surface area contributed by atoms with Crippen molar-refractivity contribution in [3.8, 4) is 0 Å². The monoisotopic (exact) mass is 1100 g/mol. The highest BCUT2D eigenvalue weighted by Gasteiger charge is 2.28. The largest absolute Gasteiger partial charge is 0.476 e. The second kappa shape index (κ2) is 38.8. The number of carbonyl (C=O) groups excluding carboxylic acids is 9. The lowest BCUT2D eigenvalue weighted by Gasteiger charge is -2.09. The van der Waals surface area contributed by atoms with Crippen LogP contribution in [0.4, 0.5) is 0 Å². The first-order valence-electron chi connectivity index (χ1n) is 23.7. The summed E-state index contributed by atoms with van der Waals surface area (Å²) in [7, 11) is 6.93. The molecule has 1 N–H and O–H groups in total. The molecule has 2 aromatic heterocycles. The molecule has 4 aromatic rings. The Morgan fingerprint density at radius 1 is 0.519 bits per heavy atom. The maximum atomic E-state index is 12.2. The molecule has 4 rings (SSSR count). The van der Waals surface area contributed by atoms with Crippen molar-refractivity contribution in [2.75, 3.05) is 74.4 Å². The number of Topliss-reactive ketones (excluding diaryl/α,β-unsaturated/α-hetero) is 1. The number of hydrogen-bond acceptors (Lipinski definition) is 21. The van der Waals surface area contributed by atoms with Crippen LogP contribution >= 0.6 is 11.6 Å². The lowest BCUT2D eigenvalue weighted by atomic mass is 10.2. The summed E-state index contributed by atoms with van der Waals surface area (Å²) in [6.45, 7) is 13.7. The fourth-order valence-corrected chi connectivity index (χ4v) is 5.50. The van der Waals surface area contributed by atoms with Gasteiger partial charge in [0, 0.05) is 46.7 Å². The molecule has 0 aliphatic rings. The zero-order chi connectivity index (χ0) is 58.5. The molecule has 0 aliphatic carbocycles. The van der Waals surface area contributed by atoms with Gasteiger partial charge in [-0.15, -0.1) is 0 Å². The summed E-state index contributed by atoms with van der Waals surface area (Å²) in [4.78, 5) is 115. The van der Waals surface area contributed by atoms with E-state index in [9.17, 15) is 53.1 Å². The molecule has 0 atom stereocenters. The van der Waals surface area contributed by atoms with Gasteiger partial charge in [0.05, 0.1) is 71.7 Å². The smallest absolute Gasteiger partial charge is 0.391 e. The molecule has 0 aliphatic heterocycles. The lowest BCUT2D eigenvalue weighted by Crippen LogP contribution is -2.26. The first kappa shape index (κ1) is 68.3. The second-order valence-electron chi connectivity index (χ2n) is 14.9. The van der Waals surface area contributed by atoms with Crippen LogP contribution in [0.5, 0.6) is 0 Å². The fourth-order valence-electron chi connectivity index (χ4n) is 5.45. The van der Waals surface area contributed by atoms with Crippen LogP contribution in [0.1, 0.15) is 101 Å². The molecule has 0 saturated carbocycles. The number of nitrogens with zero attached hydrogens (tertiary/aromatic N) is 6. The maximum absolute atomic E-state index is 12.2. The van der Waals surface area contributed by atoms with Crippen LogP contribution in [0.2, 0.25) is 0 Å². The van der Waals surface area contributed by atoms with Gasteiger partial charge >= 0.3 is 53.0 Å². The van der Waals surface area contributed by atoms with Crippen molar-refractivity contribution in [2.45, 2.75) is 61.6 Å². The molecule has 2 heterocycles. The summed E-state index contributed by atoms with van der Waals surface area (Å²) in [5.41, 5.74) is 1.57. The molecular formula is C52H67ClN6O18. The Bertz CT molecular complexity index is 2590. The number of ketones is 1. The number of aromatic nitrogens is 4. The van der Waals surface area contributed by atoms with E-state index >= 15 is 0 Å². The van der Waals surface area contributed by atoms with Crippen LogP contribution < -0.4 is 0 Å². The average Bonchev–Trinajstić information content (AvgIpc) is 4.01. The van der Waals surface area contributed by atoms with Crippen LogP contribution in [-0.2, 0) is 75.0 Å². The van der Waals surface area contributed by atoms with Crippen LogP contribution in [0.25, 0.3) is 0 Å². The van der Waals surface area contributed by atoms with Gasteiger partial charge in [0.2, 0.25) is 0 Å². The van der Waals surface area contributed by atoms with E-state index in [4.69, 9.17) is 30.5 Å². The number of ether oxygens (including phenoxy) is 7. The van der Waals surface area contributed by atoms with E-state index in [2.05, 4.69) is 24.4 Å². The quantitative estimate of drug-likeness (QED) is 0.0202. The second-order valence-corrected chi connectivity index (χ2v) is 15.2. The number of aromatic carboxylic acids is 1. The van der Waals surface area contributed by atoms with Crippen molar-refractivity contribution >= 4 is 70.4 Å². The highest BCUT2D eigenvalue weighted by molar-refractivity contribution is 6.80. The zero-order valence-electron chi connectivity index (χ0n) is 45.0. The first-order valence-corrected chi connectivity index (χ1v) is 24.0. The number of carbonyl (C=O) groups is 10. The molecule has 0 amide bonds. The summed E-state index contributed by atoms with van der Waals surface area (Å²) in [6.07, 6.45) is 6.84. The van der Waals surface area contributed by atoms with Crippen molar-refractivity contribution in [1.29, 1.82) is 0 Å². The van der Waals surface area contributed by atoms with E-state index in [0.29, 0.717) is 13.2 Å². The Labute approximate surface area is 451 Å². The average molecular weight is 1100 g/mol. The molecule has 0 saturated heterocycles. The number of rotatable bonds is 22. The third kappa shape index (κ3) is 26.9. The van der Waals surface area contributed by atoms with Gasteiger partial charge in [-0.3, -0.25) is 19.0 Å². The summed E-state index contributed by atoms with van der Waals surface area (Å²) in [5.74, 6) is -7.23. The number of halogens is 1. The van der Waals surface area contributed by atoms with E-state index in [1.165, 1.54) is 38.9 Å².